The molecule has 0 spiro atoms. The van der Waals surface area contributed by atoms with Gasteiger partial charge in [0.2, 0.25) is 0 Å². The molecule has 0 aliphatic rings. The fourth-order valence-electron chi connectivity index (χ4n) is 2.11. The van der Waals surface area contributed by atoms with Gasteiger partial charge in [-0.15, -0.1) is 0 Å². The van der Waals surface area contributed by atoms with Gasteiger partial charge in [-0.3, -0.25) is 0 Å². The van der Waals surface area contributed by atoms with Crippen molar-refractivity contribution in [1.82, 2.24) is 0 Å². The lowest BCUT2D eigenvalue weighted by Gasteiger charge is -2.21. The van der Waals surface area contributed by atoms with Crippen molar-refractivity contribution in [3.8, 4) is 5.75 Å². The summed E-state index contributed by atoms with van der Waals surface area (Å²) in [5.74, 6) is -1.60. The maximum atomic E-state index is 13.2. The van der Waals surface area contributed by atoms with Crippen molar-refractivity contribution >= 4 is 0 Å². The average Bonchev–Trinajstić information content (AvgIpc) is 2.45. The first-order chi connectivity index (χ1) is 9.90. The smallest absolute Gasteiger partial charge is 0.396 e. The number of rotatable bonds is 4. The van der Waals surface area contributed by atoms with Crippen LogP contribution in [0, 0.1) is 5.82 Å². The Kier molecular flexibility index (Phi) is 4.50. The summed E-state index contributed by atoms with van der Waals surface area (Å²) in [5.41, 5.74) is 0.599. The highest BCUT2D eigenvalue weighted by Gasteiger charge is 2.40. The standard InChI is InChI=1S/C16H14F4O/c1-21-14-8-4-12(5-9-14)15(16(18,19)20)10-11-2-6-13(17)7-3-11/h2-9,15H,10H2,1H3. The average molecular weight is 298 g/mol. The topological polar surface area (TPSA) is 9.23 Å². The third-order valence-electron chi connectivity index (χ3n) is 3.27. The Morgan fingerprint density at radius 1 is 0.952 bits per heavy atom. The highest BCUT2D eigenvalue weighted by molar-refractivity contribution is 5.31. The second-order valence-electron chi connectivity index (χ2n) is 4.70. The molecule has 0 N–H and O–H groups in total. The van der Waals surface area contributed by atoms with Crippen LogP contribution in [0.5, 0.6) is 5.75 Å². The lowest BCUT2D eigenvalue weighted by Crippen LogP contribution is -2.23. The maximum Gasteiger partial charge on any atom is 0.396 e. The predicted molar refractivity (Wildman–Crippen MR) is 71.9 cm³/mol. The molecule has 1 atom stereocenters. The molecule has 0 aliphatic carbocycles. The van der Waals surface area contributed by atoms with Crippen molar-refractivity contribution in [2.45, 2.75) is 18.5 Å². The molecule has 0 amide bonds. The van der Waals surface area contributed by atoms with Crippen LogP contribution in [0.3, 0.4) is 0 Å². The van der Waals surface area contributed by atoms with Crippen LogP contribution in [-0.2, 0) is 6.42 Å². The van der Waals surface area contributed by atoms with Gasteiger partial charge in [0.15, 0.2) is 0 Å². The Labute approximate surface area is 120 Å². The monoisotopic (exact) mass is 298 g/mol. The van der Waals surface area contributed by atoms with Gasteiger partial charge in [0, 0.05) is 0 Å². The summed E-state index contributed by atoms with van der Waals surface area (Å²) in [6, 6.07) is 10.9. The van der Waals surface area contributed by atoms with E-state index in [0.29, 0.717) is 11.3 Å². The predicted octanol–water partition coefficient (Wildman–Crippen LogP) is 4.72. The third kappa shape index (κ3) is 3.97. The minimum Gasteiger partial charge on any atom is -0.497 e. The first-order valence-electron chi connectivity index (χ1n) is 6.35. The summed E-state index contributed by atoms with van der Waals surface area (Å²) in [6.45, 7) is 0. The van der Waals surface area contributed by atoms with Gasteiger partial charge in [0.05, 0.1) is 13.0 Å². The van der Waals surface area contributed by atoms with Gasteiger partial charge in [-0.25, -0.2) is 4.39 Å². The Morgan fingerprint density at radius 2 is 1.52 bits per heavy atom. The number of halogens is 4. The van der Waals surface area contributed by atoms with Crippen LogP contribution in [-0.4, -0.2) is 13.3 Å². The molecule has 0 fully saturated rings. The van der Waals surface area contributed by atoms with Crippen molar-refractivity contribution in [2.24, 2.45) is 0 Å². The zero-order valence-electron chi connectivity index (χ0n) is 11.3. The quantitative estimate of drug-likeness (QED) is 0.742. The normalized spacial score (nSPS) is 13.0. The number of hydrogen-bond acceptors (Lipinski definition) is 1. The van der Waals surface area contributed by atoms with E-state index in [1.807, 2.05) is 0 Å². The molecule has 0 saturated carbocycles. The van der Waals surface area contributed by atoms with Gasteiger partial charge in [-0.1, -0.05) is 24.3 Å². The first-order valence-corrected chi connectivity index (χ1v) is 6.35. The maximum absolute atomic E-state index is 13.2. The number of hydrogen-bond donors (Lipinski definition) is 0. The van der Waals surface area contributed by atoms with Gasteiger partial charge >= 0.3 is 6.18 Å². The minimum atomic E-state index is -4.37. The highest BCUT2D eigenvalue weighted by atomic mass is 19.4. The molecule has 2 aromatic rings. The summed E-state index contributed by atoms with van der Waals surface area (Å²) < 4.78 is 57.5. The lowest BCUT2D eigenvalue weighted by molar-refractivity contribution is -0.150. The summed E-state index contributed by atoms with van der Waals surface area (Å²) in [7, 11) is 1.45. The molecule has 1 nitrogen and oxygen atoms in total. The molecule has 0 saturated heterocycles. The van der Waals surface area contributed by atoms with Crippen LogP contribution in [0.1, 0.15) is 17.0 Å². The first kappa shape index (κ1) is 15.4. The van der Waals surface area contributed by atoms with Crippen molar-refractivity contribution in [3.63, 3.8) is 0 Å². The van der Waals surface area contributed by atoms with Crippen molar-refractivity contribution < 1.29 is 22.3 Å². The fourth-order valence-corrected chi connectivity index (χ4v) is 2.11. The second-order valence-corrected chi connectivity index (χ2v) is 4.70. The summed E-state index contributed by atoms with van der Waals surface area (Å²) >= 11 is 0. The molecule has 0 heterocycles. The molecule has 0 bridgehead atoms. The van der Waals surface area contributed by atoms with Crippen LogP contribution in [0.25, 0.3) is 0 Å². The van der Waals surface area contributed by atoms with Gasteiger partial charge in [0.25, 0.3) is 0 Å². The van der Waals surface area contributed by atoms with Crippen LogP contribution in [0.4, 0.5) is 17.6 Å². The fraction of sp³-hybridized carbons (Fsp3) is 0.250. The van der Waals surface area contributed by atoms with Crippen molar-refractivity contribution in [3.05, 3.63) is 65.5 Å². The number of benzene rings is 2. The molecule has 0 radical (unpaired) electrons. The largest absolute Gasteiger partial charge is 0.497 e. The van der Waals surface area contributed by atoms with Crippen LogP contribution < -0.4 is 4.74 Å². The molecule has 21 heavy (non-hydrogen) atoms. The molecule has 0 aromatic heterocycles. The Morgan fingerprint density at radius 3 is 2.00 bits per heavy atom. The van der Waals surface area contributed by atoms with Crippen molar-refractivity contribution in [2.75, 3.05) is 7.11 Å². The van der Waals surface area contributed by atoms with E-state index in [4.69, 9.17) is 4.74 Å². The number of methoxy groups -OCH3 is 1. The van der Waals surface area contributed by atoms with E-state index in [1.165, 1.54) is 43.5 Å². The molecule has 5 heteroatoms. The minimum absolute atomic E-state index is 0.160. The summed E-state index contributed by atoms with van der Waals surface area (Å²) in [5, 5.41) is 0. The van der Waals surface area contributed by atoms with E-state index in [0.717, 1.165) is 12.1 Å². The van der Waals surface area contributed by atoms with Gasteiger partial charge in [-0.05, 0) is 41.8 Å². The zero-order chi connectivity index (χ0) is 15.5. The van der Waals surface area contributed by atoms with E-state index < -0.39 is 17.9 Å². The molecule has 1 unspecified atom stereocenters. The second kappa shape index (κ2) is 6.16. The van der Waals surface area contributed by atoms with Gasteiger partial charge in [-0.2, -0.15) is 13.2 Å². The van der Waals surface area contributed by atoms with E-state index >= 15 is 0 Å². The lowest BCUT2D eigenvalue weighted by atomic mass is 9.91. The van der Waals surface area contributed by atoms with E-state index in [1.54, 1.807) is 0 Å². The molecule has 2 aromatic carbocycles. The van der Waals surface area contributed by atoms with E-state index in [9.17, 15) is 17.6 Å². The van der Waals surface area contributed by atoms with E-state index in [2.05, 4.69) is 0 Å². The molecular weight excluding hydrogens is 284 g/mol. The van der Waals surface area contributed by atoms with E-state index in [-0.39, 0.29) is 12.0 Å². The van der Waals surface area contributed by atoms with Gasteiger partial charge in [0.1, 0.15) is 11.6 Å². The third-order valence-corrected chi connectivity index (χ3v) is 3.27. The van der Waals surface area contributed by atoms with Gasteiger partial charge < -0.3 is 4.74 Å². The van der Waals surface area contributed by atoms with Crippen LogP contribution in [0.2, 0.25) is 0 Å². The zero-order valence-corrected chi connectivity index (χ0v) is 11.3. The number of ether oxygens (including phenoxy) is 1. The Hall–Kier alpha value is -2.04. The highest BCUT2D eigenvalue weighted by Crippen LogP contribution is 2.38. The summed E-state index contributed by atoms with van der Waals surface area (Å²) in [6.07, 6.45) is -4.60. The molecule has 112 valence electrons. The summed E-state index contributed by atoms with van der Waals surface area (Å²) in [4.78, 5) is 0. The Balaban J connectivity index is 2.27. The van der Waals surface area contributed by atoms with Crippen LogP contribution >= 0.6 is 0 Å². The molecule has 0 aliphatic heterocycles. The molecular formula is C16H14F4O. The van der Waals surface area contributed by atoms with Crippen LogP contribution in [0.15, 0.2) is 48.5 Å². The number of alkyl halides is 3. The van der Waals surface area contributed by atoms with Crippen molar-refractivity contribution in [1.29, 1.82) is 0 Å². The Bertz CT molecular complexity index is 573. The molecule has 2 rings (SSSR count). The SMILES string of the molecule is COc1ccc(C(Cc2ccc(F)cc2)C(F)(F)F)cc1.